The van der Waals surface area contributed by atoms with Crippen LogP contribution in [0.4, 0.5) is 13.2 Å². The lowest BCUT2D eigenvalue weighted by Crippen LogP contribution is -2.30. The van der Waals surface area contributed by atoms with E-state index in [9.17, 15) is 13.2 Å². The predicted octanol–water partition coefficient (Wildman–Crippen LogP) is 2.94. The lowest BCUT2D eigenvalue weighted by atomic mass is 10.3. The normalized spacial score (nSPS) is 11.5. The number of thioether (sulfide) groups is 1. The van der Waals surface area contributed by atoms with Gasteiger partial charge in [-0.3, -0.25) is 0 Å². The van der Waals surface area contributed by atoms with Gasteiger partial charge in [0.15, 0.2) is 0 Å². The summed E-state index contributed by atoms with van der Waals surface area (Å²) in [6, 6.07) is 7.41. The summed E-state index contributed by atoms with van der Waals surface area (Å²) in [6.45, 7) is -0.605. The summed E-state index contributed by atoms with van der Waals surface area (Å²) >= 11 is 1.50. The fourth-order valence-electron chi connectivity index (χ4n) is 1.14. The van der Waals surface area contributed by atoms with Crippen molar-refractivity contribution in [2.24, 2.45) is 0 Å². The van der Waals surface area contributed by atoms with Crippen molar-refractivity contribution < 1.29 is 17.9 Å². The molecule has 0 saturated heterocycles. The molecule has 6 heteroatoms. The highest BCUT2D eigenvalue weighted by Crippen LogP contribution is 2.20. The number of rotatable bonds is 6. The van der Waals surface area contributed by atoms with Gasteiger partial charge in [0.05, 0.1) is 13.7 Å². The van der Waals surface area contributed by atoms with Crippen molar-refractivity contribution in [3.8, 4) is 5.75 Å². The lowest BCUT2D eigenvalue weighted by molar-refractivity contribution is -0.124. The van der Waals surface area contributed by atoms with Gasteiger partial charge in [0, 0.05) is 17.2 Å². The van der Waals surface area contributed by atoms with Gasteiger partial charge in [-0.05, 0) is 24.3 Å². The maximum absolute atomic E-state index is 11.8. The molecule has 17 heavy (non-hydrogen) atoms. The first-order valence-electron chi connectivity index (χ1n) is 5.05. The minimum absolute atomic E-state index is 0.330. The van der Waals surface area contributed by atoms with Gasteiger partial charge >= 0.3 is 6.18 Å². The van der Waals surface area contributed by atoms with E-state index in [2.05, 4.69) is 5.32 Å². The molecule has 1 aromatic rings. The maximum atomic E-state index is 11.8. The van der Waals surface area contributed by atoms with Crippen molar-refractivity contribution in [1.82, 2.24) is 5.32 Å². The van der Waals surface area contributed by atoms with Crippen molar-refractivity contribution in [2.75, 3.05) is 26.0 Å². The van der Waals surface area contributed by atoms with Crippen molar-refractivity contribution in [2.45, 2.75) is 11.1 Å². The Kier molecular flexibility index (Phi) is 5.64. The molecule has 0 aliphatic rings. The fraction of sp³-hybridized carbons (Fsp3) is 0.455. The number of halogens is 3. The Bertz CT molecular complexity index is 326. The molecule has 0 heterocycles. The summed E-state index contributed by atoms with van der Waals surface area (Å²) in [5, 5.41) is 2.35. The minimum atomic E-state index is -4.13. The molecular weight excluding hydrogens is 251 g/mol. The van der Waals surface area contributed by atoms with Gasteiger partial charge in [0.2, 0.25) is 0 Å². The smallest absolute Gasteiger partial charge is 0.401 e. The monoisotopic (exact) mass is 265 g/mol. The summed E-state index contributed by atoms with van der Waals surface area (Å²) in [6.07, 6.45) is -4.13. The van der Waals surface area contributed by atoms with Crippen LogP contribution in [-0.4, -0.2) is 32.1 Å². The second kappa shape index (κ2) is 6.76. The third-order valence-corrected chi connectivity index (χ3v) is 2.95. The van der Waals surface area contributed by atoms with Crippen LogP contribution in [0.25, 0.3) is 0 Å². The highest BCUT2D eigenvalue weighted by Gasteiger charge is 2.25. The molecule has 0 fully saturated rings. The molecule has 0 spiro atoms. The van der Waals surface area contributed by atoms with Gasteiger partial charge in [0.1, 0.15) is 5.75 Å². The van der Waals surface area contributed by atoms with Crippen LogP contribution in [0, 0.1) is 0 Å². The maximum Gasteiger partial charge on any atom is 0.401 e. The van der Waals surface area contributed by atoms with Crippen molar-refractivity contribution in [1.29, 1.82) is 0 Å². The summed E-state index contributed by atoms with van der Waals surface area (Å²) in [5.74, 6) is 1.37. The largest absolute Gasteiger partial charge is 0.497 e. The van der Waals surface area contributed by atoms with Gasteiger partial charge in [-0.2, -0.15) is 13.2 Å². The molecule has 0 aromatic heterocycles. The number of hydrogen-bond donors (Lipinski definition) is 1. The summed E-state index contributed by atoms with van der Waals surface area (Å²) in [4.78, 5) is 1.01. The molecule has 1 aromatic carbocycles. The van der Waals surface area contributed by atoms with Gasteiger partial charge in [-0.1, -0.05) is 0 Å². The molecule has 0 aliphatic heterocycles. The number of ether oxygens (including phenoxy) is 1. The minimum Gasteiger partial charge on any atom is -0.497 e. The van der Waals surface area contributed by atoms with Crippen LogP contribution in [-0.2, 0) is 0 Å². The van der Waals surface area contributed by atoms with Gasteiger partial charge < -0.3 is 10.1 Å². The van der Waals surface area contributed by atoms with E-state index in [0.29, 0.717) is 12.3 Å². The zero-order chi connectivity index (χ0) is 12.7. The SMILES string of the molecule is COc1ccc(SCCNCC(F)(F)F)cc1. The lowest BCUT2D eigenvalue weighted by Gasteiger charge is -2.08. The third-order valence-electron chi connectivity index (χ3n) is 1.93. The number of alkyl halides is 3. The summed E-state index contributed by atoms with van der Waals surface area (Å²) < 4.78 is 40.4. The van der Waals surface area contributed by atoms with E-state index < -0.39 is 12.7 Å². The van der Waals surface area contributed by atoms with Crippen LogP contribution in [0.5, 0.6) is 5.75 Å². The Labute approximate surface area is 103 Å². The molecular formula is C11H14F3NOS. The summed E-state index contributed by atoms with van der Waals surface area (Å²) in [5.41, 5.74) is 0. The molecule has 2 nitrogen and oxygen atoms in total. The Balaban J connectivity index is 2.18. The molecule has 0 unspecified atom stereocenters. The average molecular weight is 265 g/mol. The van der Waals surface area contributed by atoms with E-state index >= 15 is 0 Å². The van der Waals surface area contributed by atoms with Gasteiger partial charge in [0.25, 0.3) is 0 Å². The molecule has 0 radical (unpaired) electrons. The molecule has 0 amide bonds. The van der Waals surface area contributed by atoms with Crippen LogP contribution in [0.3, 0.4) is 0 Å². The molecule has 1 N–H and O–H groups in total. The van der Waals surface area contributed by atoms with Gasteiger partial charge in [-0.15, -0.1) is 11.8 Å². The Morgan fingerprint density at radius 2 is 1.88 bits per heavy atom. The standard InChI is InChI=1S/C11H14F3NOS/c1-16-9-2-4-10(5-3-9)17-7-6-15-8-11(12,13)14/h2-5,15H,6-8H2,1H3. The van der Waals surface area contributed by atoms with E-state index in [1.165, 1.54) is 11.8 Å². The Morgan fingerprint density at radius 3 is 2.41 bits per heavy atom. The quantitative estimate of drug-likeness (QED) is 0.631. The average Bonchev–Trinajstić information content (AvgIpc) is 2.28. The van der Waals surface area contributed by atoms with E-state index in [1.54, 1.807) is 7.11 Å². The van der Waals surface area contributed by atoms with Crippen molar-refractivity contribution in [3.63, 3.8) is 0 Å². The second-order valence-electron chi connectivity index (χ2n) is 3.32. The number of benzene rings is 1. The number of nitrogens with one attached hydrogen (secondary N) is 1. The van der Waals surface area contributed by atoms with E-state index in [1.807, 2.05) is 24.3 Å². The molecule has 0 atom stereocenters. The molecule has 0 saturated carbocycles. The zero-order valence-electron chi connectivity index (χ0n) is 9.38. The van der Waals surface area contributed by atoms with E-state index in [0.717, 1.165) is 10.6 Å². The van der Waals surface area contributed by atoms with Crippen LogP contribution >= 0.6 is 11.8 Å². The highest BCUT2D eigenvalue weighted by atomic mass is 32.2. The fourth-order valence-corrected chi connectivity index (χ4v) is 1.95. The molecule has 1 rings (SSSR count). The van der Waals surface area contributed by atoms with E-state index in [4.69, 9.17) is 4.74 Å². The highest BCUT2D eigenvalue weighted by molar-refractivity contribution is 7.99. The van der Waals surface area contributed by atoms with Gasteiger partial charge in [-0.25, -0.2) is 0 Å². The Morgan fingerprint density at radius 1 is 1.24 bits per heavy atom. The van der Waals surface area contributed by atoms with E-state index in [-0.39, 0.29) is 0 Å². The molecule has 0 bridgehead atoms. The summed E-state index contributed by atoms with van der Waals surface area (Å²) in [7, 11) is 1.59. The predicted molar refractivity (Wildman–Crippen MR) is 62.6 cm³/mol. The first kappa shape index (κ1) is 14.2. The molecule has 96 valence electrons. The number of hydrogen-bond acceptors (Lipinski definition) is 3. The zero-order valence-corrected chi connectivity index (χ0v) is 10.2. The van der Waals surface area contributed by atoms with Crippen LogP contribution < -0.4 is 10.1 Å². The topological polar surface area (TPSA) is 21.3 Å². The first-order valence-corrected chi connectivity index (χ1v) is 6.04. The van der Waals surface area contributed by atoms with Crippen LogP contribution in [0.15, 0.2) is 29.2 Å². The Hall–Kier alpha value is -0.880. The molecule has 0 aliphatic carbocycles. The number of methoxy groups -OCH3 is 1. The van der Waals surface area contributed by atoms with Crippen molar-refractivity contribution in [3.05, 3.63) is 24.3 Å². The third kappa shape index (κ3) is 6.43. The van der Waals surface area contributed by atoms with Crippen LogP contribution in [0.2, 0.25) is 0 Å². The van der Waals surface area contributed by atoms with Crippen molar-refractivity contribution >= 4 is 11.8 Å². The van der Waals surface area contributed by atoms with Crippen LogP contribution in [0.1, 0.15) is 0 Å². The second-order valence-corrected chi connectivity index (χ2v) is 4.48. The first-order chi connectivity index (χ1) is 8.01.